The van der Waals surface area contributed by atoms with E-state index >= 15 is 0 Å². The van der Waals surface area contributed by atoms with Gasteiger partial charge in [0.25, 0.3) is 0 Å². The van der Waals surface area contributed by atoms with Crippen molar-refractivity contribution >= 4 is 0 Å². The summed E-state index contributed by atoms with van der Waals surface area (Å²) in [5.41, 5.74) is 0. The van der Waals surface area contributed by atoms with Gasteiger partial charge in [-0.2, -0.15) is 5.26 Å². The molecule has 1 aliphatic rings. The highest BCUT2D eigenvalue weighted by atomic mass is 16.3. The zero-order chi connectivity index (χ0) is 11.8. The summed E-state index contributed by atoms with van der Waals surface area (Å²) in [6.07, 6.45) is 10.0. The maximum absolute atomic E-state index is 9.41. The van der Waals surface area contributed by atoms with Crippen molar-refractivity contribution in [1.29, 1.82) is 5.26 Å². The quantitative estimate of drug-likeness (QED) is 0.747. The minimum absolute atomic E-state index is 0.0387. The second-order valence-corrected chi connectivity index (χ2v) is 5.22. The zero-order valence-electron chi connectivity index (χ0n) is 10.5. The largest absolute Gasteiger partial charge is 0.393 e. The Morgan fingerprint density at radius 2 is 1.94 bits per heavy atom. The lowest BCUT2D eigenvalue weighted by atomic mass is 9.83. The zero-order valence-corrected chi connectivity index (χ0v) is 10.5. The summed E-state index contributed by atoms with van der Waals surface area (Å²) in [6, 6.07) is 2.41. The third-order valence-electron chi connectivity index (χ3n) is 3.80. The second-order valence-electron chi connectivity index (χ2n) is 5.22. The van der Waals surface area contributed by atoms with Crippen molar-refractivity contribution < 1.29 is 5.11 Å². The van der Waals surface area contributed by atoms with Gasteiger partial charge in [0, 0.05) is 5.92 Å². The van der Waals surface area contributed by atoms with E-state index < -0.39 is 0 Å². The first kappa shape index (κ1) is 13.5. The highest BCUT2D eigenvalue weighted by Gasteiger charge is 2.19. The van der Waals surface area contributed by atoms with E-state index in [-0.39, 0.29) is 12.0 Å². The predicted octanol–water partition coefficient (Wildman–Crippen LogP) is 3.65. The van der Waals surface area contributed by atoms with E-state index in [1.165, 1.54) is 25.7 Å². The first-order valence-electron chi connectivity index (χ1n) is 6.84. The normalized spacial score (nSPS) is 27.3. The predicted molar refractivity (Wildman–Crippen MR) is 65.8 cm³/mol. The average Bonchev–Trinajstić information content (AvgIpc) is 2.30. The van der Waals surface area contributed by atoms with E-state index in [9.17, 15) is 5.11 Å². The number of aliphatic hydroxyl groups excluding tert-OH is 1. The van der Waals surface area contributed by atoms with E-state index in [0.717, 1.165) is 38.0 Å². The van der Waals surface area contributed by atoms with Gasteiger partial charge in [-0.05, 0) is 44.4 Å². The van der Waals surface area contributed by atoms with Crippen LogP contribution in [-0.2, 0) is 0 Å². The molecule has 1 rings (SSSR count). The molecule has 2 nitrogen and oxygen atoms in total. The Bertz CT molecular complexity index is 213. The molecule has 0 saturated heterocycles. The Kier molecular flexibility index (Phi) is 6.49. The van der Waals surface area contributed by atoms with Gasteiger partial charge < -0.3 is 5.11 Å². The van der Waals surface area contributed by atoms with Crippen LogP contribution in [0.25, 0.3) is 0 Å². The molecule has 1 atom stereocenters. The van der Waals surface area contributed by atoms with Crippen molar-refractivity contribution in [2.75, 3.05) is 0 Å². The molecule has 0 aliphatic heterocycles. The van der Waals surface area contributed by atoms with Gasteiger partial charge in [0.15, 0.2) is 0 Å². The molecule has 1 saturated carbocycles. The highest BCUT2D eigenvalue weighted by molar-refractivity contribution is 4.82. The third-order valence-corrected chi connectivity index (χ3v) is 3.80. The minimum Gasteiger partial charge on any atom is -0.393 e. The van der Waals surface area contributed by atoms with Crippen molar-refractivity contribution in [1.82, 2.24) is 0 Å². The van der Waals surface area contributed by atoms with Gasteiger partial charge in [0.1, 0.15) is 0 Å². The number of rotatable bonds is 6. The molecule has 1 fully saturated rings. The van der Waals surface area contributed by atoms with Gasteiger partial charge in [-0.15, -0.1) is 0 Å². The van der Waals surface area contributed by atoms with Crippen molar-refractivity contribution in [3.8, 4) is 6.07 Å². The molecular formula is C14H25NO. The van der Waals surface area contributed by atoms with E-state index in [2.05, 4.69) is 13.0 Å². The third kappa shape index (κ3) is 4.99. The summed E-state index contributed by atoms with van der Waals surface area (Å²) in [7, 11) is 0. The van der Waals surface area contributed by atoms with Gasteiger partial charge in [0.2, 0.25) is 0 Å². The molecule has 0 radical (unpaired) electrons. The molecule has 0 aromatic carbocycles. The summed E-state index contributed by atoms with van der Waals surface area (Å²) in [5.74, 6) is 1.09. The number of aliphatic hydroxyl groups is 1. The summed E-state index contributed by atoms with van der Waals surface area (Å²) >= 11 is 0. The maximum Gasteiger partial charge on any atom is 0.0655 e. The van der Waals surface area contributed by atoms with Crippen molar-refractivity contribution in [3.05, 3.63) is 0 Å². The second kappa shape index (κ2) is 7.68. The van der Waals surface area contributed by atoms with Gasteiger partial charge in [0.05, 0.1) is 12.2 Å². The van der Waals surface area contributed by atoms with Crippen LogP contribution in [0.3, 0.4) is 0 Å². The lowest BCUT2D eigenvalue weighted by Gasteiger charge is -2.25. The number of hydrogen-bond acceptors (Lipinski definition) is 2. The van der Waals surface area contributed by atoms with Gasteiger partial charge >= 0.3 is 0 Å². The Balaban J connectivity index is 2.08. The van der Waals surface area contributed by atoms with Crippen LogP contribution in [0.1, 0.15) is 64.7 Å². The average molecular weight is 223 g/mol. The monoisotopic (exact) mass is 223 g/mol. The van der Waals surface area contributed by atoms with Crippen LogP contribution in [0.4, 0.5) is 0 Å². The molecule has 92 valence electrons. The lowest BCUT2D eigenvalue weighted by Crippen LogP contribution is -2.18. The van der Waals surface area contributed by atoms with Crippen LogP contribution < -0.4 is 0 Å². The maximum atomic E-state index is 9.41. The molecule has 1 aliphatic carbocycles. The summed E-state index contributed by atoms with van der Waals surface area (Å²) in [6.45, 7) is 2.15. The summed E-state index contributed by atoms with van der Waals surface area (Å²) in [5, 5.41) is 18.4. The lowest BCUT2D eigenvalue weighted by molar-refractivity contribution is 0.105. The standard InChI is InChI=1S/C14H25NO/c1-2-4-13(11-15)6-3-5-12-7-9-14(16)10-8-12/h12-14,16H,2-10H2,1H3. The van der Waals surface area contributed by atoms with Crippen LogP contribution >= 0.6 is 0 Å². The summed E-state index contributed by atoms with van der Waals surface area (Å²) in [4.78, 5) is 0. The van der Waals surface area contributed by atoms with Crippen molar-refractivity contribution in [3.63, 3.8) is 0 Å². The van der Waals surface area contributed by atoms with Crippen molar-refractivity contribution in [2.24, 2.45) is 11.8 Å². The molecule has 0 amide bonds. The fourth-order valence-electron chi connectivity index (χ4n) is 2.71. The van der Waals surface area contributed by atoms with Crippen LogP contribution in [0, 0.1) is 23.2 Å². The fraction of sp³-hybridized carbons (Fsp3) is 0.929. The smallest absolute Gasteiger partial charge is 0.0655 e. The van der Waals surface area contributed by atoms with Crippen LogP contribution in [-0.4, -0.2) is 11.2 Å². The first-order valence-corrected chi connectivity index (χ1v) is 6.84. The van der Waals surface area contributed by atoms with Crippen LogP contribution in [0.2, 0.25) is 0 Å². The molecule has 0 heterocycles. The minimum atomic E-state index is -0.0387. The van der Waals surface area contributed by atoms with Crippen LogP contribution in [0.5, 0.6) is 0 Å². The van der Waals surface area contributed by atoms with E-state index in [1.54, 1.807) is 0 Å². The molecule has 1 N–H and O–H groups in total. The molecule has 0 bridgehead atoms. The van der Waals surface area contributed by atoms with Gasteiger partial charge in [-0.3, -0.25) is 0 Å². The molecular weight excluding hydrogens is 198 g/mol. The molecule has 0 spiro atoms. The van der Waals surface area contributed by atoms with Gasteiger partial charge in [-0.25, -0.2) is 0 Å². The molecule has 0 aromatic rings. The number of nitrogens with zero attached hydrogens (tertiary/aromatic N) is 1. The Hall–Kier alpha value is -0.550. The van der Waals surface area contributed by atoms with Gasteiger partial charge in [-0.1, -0.05) is 26.2 Å². The van der Waals surface area contributed by atoms with Crippen LogP contribution in [0.15, 0.2) is 0 Å². The summed E-state index contributed by atoms with van der Waals surface area (Å²) < 4.78 is 0. The topological polar surface area (TPSA) is 44.0 Å². The fourth-order valence-corrected chi connectivity index (χ4v) is 2.71. The molecule has 16 heavy (non-hydrogen) atoms. The van der Waals surface area contributed by atoms with E-state index in [4.69, 9.17) is 5.26 Å². The van der Waals surface area contributed by atoms with Crippen molar-refractivity contribution in [2.45, 2.75) is 70.8 Å². The number of nitriles is 1. The molecule has 1 unspecified atom stereocenters. The van der Waals surface area contributed by atoms with E-state index in [1.807, 2.05) is 0 Å². The Morgan fingerprint density at radius 1 is 1.25 bits per heavy atom. The molecule has 0 aromatic heterocycles. The first-order chi connectivity index (χ1) is 7.76. The Labute approximate surface area is 99.7 Å². The number of hydrogen-bond donors (Lipinski definition) is 1. The molecule has 2 heteroatoms. The Morgan fingerprint density at radius 3 is 2.50 bits per heavy atom. The SMILES string of the molecule is CCCC(C#N)CCCC1CCC(O)CC1. The van der Waals surface area contributed by atoms with E-state index in [0.29, 0.717) is 0 Å². The highest BCUT2D eigenvalue weighted by Crippen LogP contribution is 2.29.